The van der Waals surface area contributed by atoms with Gasteiger partial charge in [0.1, 0.15) is 5.69 Å². The van der Waals surface area contributed by atoms with Crippen molar-refractivity contribution in [3.63, 3.8) is 0 Å². The van der Waals surface area contributed by atoms with Gasteiger partial charge in [-0.2, -0.15) is 0 Å². The smallest absolute Gasteiger partial charge is 0.267 e. The predicted molar refractivity (Wildman–Crippen MR) is 47.0 cm³/mol. The summed E-state index contributed by atoms with van der Waals surface area (Å²) in [5, 5.41) is 0. The number of aromatic nitrogens is 1. The zero-order chi connectivity index (χ0) is 9.30. The first-order valence-corrected chi connectivity index (χ1v) is 3.77. The van der Waals surface area contributed by atoms with Gasteiger partial charge in [0, 0.05) is 5.69 Å². The molecule has 0 fully saturated rings. The third-order valence-corrected chi connectivity index (χ3v) is 2.03. The minimum Gasteiger partial charge on any atom is -0.364 e. The summed E-state index contributed by atoms with van der Waals surface area (Å²) in [4.78, 5) is 14.8. The zero-order valence-electron chi connectivity index (χ0n) is 7.51. The molecule has 3 nitrogen and oxygen atoms in total. The van der Waals surface area contributed by atoms with E-state index in [1.165, 1.54) is 0 Å². The first kappa shape index (κ1) is 8.71. The van der Waals surface area contributed by atoms with E-state index in [-0.39, 0.29) is 0 Å². The normalized spacial score (nSPS) is 9.92. The van der Waals surface area contributed by atoms with Gasteiger partial charge in [0.2, 0.25) is 0 Å². The van der Waals surface area contributed by atoms with Gasteiger partial charge in [0.25, 0.3) is 5.91 Å². The van der Waals surface area contributed by atoms with Crippen molar-refractivity contribution >= 4 is 5.91 Å². The van der Waals surface area contributed by atoms with Gasteiger partial charge in [-0.1, -0.05) is 0 Å². The van der Waals surface area contributed by atoms with Gasteiger partial charge in [-0.05, 0) is 38.0 Å². The van der Waals surface area contributed by atoms with Crippen LogP contribution in [0.15, 0.2) is 6.07 Å². The molecular formula is C9H12N2O. The van der Waals surface area contributed by atoms with Crippen molar-refractivity contribution in [3.8, 4) is 0 Å². The number of pyridine rings is 1. The molecule has 3 heteroatoms. The lowest BCUT2D eigenvalue weighted by Crippen LogP contribution is -2.14. The number of aryl methyl sites for hydroxylation is 2. The Kier molecular flexibility index (Phi) is 2.13. The van der Waals surface area contributed by atoms with E-state index in [4.69, 9.17) is 5.73 Å². The molecule has 1 rings (SSSR count). The summed E-state index contributed by atoms with van der Waals surface area (Å²) in [5.74, 6) is -0.471. The molecule has 12 heavy (non-hydrogen) atoms. The number of hydrogen-bond acceptors (Lipinski definition) is 2. The van der Waals surface area contributed by atoms with Crippen LogP contribution in [0.2, 0.25) is 0 Å². The summed E-state index contributed by atoms with van der Waals surface area (Å²) in [6, 6.07) is 1.71. The van der Waals surface area contributed by atoms with Crippen LogP contribution < -0.4 is 5.73 Å². The van der Waals surface area contributed by atoms with Gasteiger partial charge in [0.15, 0.2) is 0 Å². The van der Waals surface area contributed by atoms with Crippen LogP contribution in [0, 0.1) is 20.8 Å². The lowest BCUT2D eigenvalue weighted by atomic mass is 10.1. The molecule has 1 aromatic heterocycles. The Morgan fingerprint density at radius 1 is 1.42 bits per heavy atom. The van der Waals surface area contributed by atoms with Gasteiger partial charge in [0.05, 0.1) is 0 Å². The summed E-state index contributed by atoms with van der Waals surface area (Å²) in [7, 11) is 0. The van der Waals surface area contributed by atoms with Crippen molar-refractivity contribution in [2.24, 2.45) is 5.73 Å². The molecule has 1 heterocycles. The molecular weight excluding hydrogens is 152 g/mol. The van der Waals surface area contributed by atoms with Crippen LogP contribution in [0.5, 0.6) is 0 Å². The van der Waals surface area contributed by atoms with Crippen molar-refractivity contribution in [2.45, 2.75) is 20.8 Å². The largest absolute Gasteiger partial charge is 0.364 e. The third kappa shape index (κ3) is 1.44. The summed E-state index contributed by atoms with van der Waals surface area (Å²) in [6.07, 6.45) is 0. The number of carbonyl (C=O) groups is 1. The number of nitrogens with two attached hydrogens (primary N) is 1. The van der Waals surface area contributed by atoms with E-state index in [0.717, 1.165) is 16.8 Å². The lowest BCUT2D eigenvalue weighted by Gasteiger charge is -2.04. The number of primary amides is 1. The minimum atomic E-state index is -0.471. The van der Waals surface area contributed by atoms with Crippen molar-refractivity contribution in [2.75, 3.05) is 0 Å². The van der Waals surface area contributed by atoms with Gasteiger partial charge < -0.3 is 5.73 Å². The number of rotatable bonds is 1. The molecule has 0 aliphatic heterocycles. The summed E-state index contributed by atoms with van der Waals surface area (Å²) in [6.45, 7) is 5.79. The highest BCUT2D eigenvalue weighted by molar-refractivity contribution is 5.91. The number of hydrogen-bond donors (Lipinski definition) is 1. The zero-order valence-corrected chi connectivity index (χ0v) is 7.51. The fraction of sp³-hybridized carbons (Fsp3) is 0.333. The fourth-order valence-electron chi connectivity index (χ4n) is 1.02. The average Bonchev–Trinajstić information content (AvgIpc) is 1.99. The third-order valence-electron chi connectivity index (χ3n) is 2.03. The van der Waals surface area contributed by atoms with Crippen LogP contribution in [0.3, 0.4) is 0 Å². The molecule has 0 spiro atoms. The Hall–Kier alpha value is -1.38. The van der Waals surface area contributed by atoms with Crippen molar-refractivity contribution in [1.29, 1.82) is 0 Å². The number of amides is 1. The van der Waals surface area contributed by atoms with E-state index in [2.05, 4.69) is 4.98 Å². The predicted octanol–water partition coefficient (Wildman–Crippen LogP) is 1.11. The molecule has 0 saturated heterocycles. The van der Waals surface area contributed by atoms with E-state index in [0.29, 0.717) is 5.69 Å². The summed E-state index contributed by atoms with van der Waals surface area (Å²) >= 11 is 0. The van der Waals surface area contributed by atoms with E-state index in [1.54, 1.807) is 6.07 Å². The summed E-state index contributed by atoms with van der Waals surface area (Å²) in [5.41, 5.74) is 8.47. The van der Waals surface area contributed by atoms with Crippen molar-refractivity contribution in [1.82, 2.24) is 4.98 Å². The molecule has 0 aliphatic rings. The number of nitrogens with zero attached hydrogens (tertiary/aromatic N) is 1. The highest BCUT2D eigenvalue weighted by atomic mass is 16.1. The quantitative estimate of drug-likeness (QED) is 0.675. The molecule has 0 bridgehead atoms. The second-order valence-electron chi connectivity index (χ2n) is 2.90. The second-order valence-corrected chi connectivity index (χ2v) is 2.90. The molecule has 1 amide bonds. The molecule has 0 radical (unpaired) electrons. The maximum atomic E-state index is 10.8. The van der Waals surface area contributed by atoms with E-state index in [1.807, 2.05) is 20.8 Å². The lowest BCUT2D eigenvalue weighted by molar-refractivity contribution is 0.0995. The van der Waals surface area contributed by atoms with E-state index in [9.17, 15) is 4.79 Å². The first-order chi connectivity index (χ1) is 5.52. The fourth-order valence-corrected chi connectivity index (χ4v) is 1.02. The Bertz CT molecular complexity index is 308. The Morgan fingerprint density at radius 2 is 2.00 bits per heavy atom. The van der Waals surface area contributed by atoms with Crippen molar-refractivity contribution < 1.29 is 4.79 Å². The van der Waals surface area contributed by atoms with Crippen LogP contribution in [0.25, 0.3) is 0 Å². The Morgan fingerprint density at radius 3 is 2.42 bits per heavy atom. The van der Waals surface area contributed by atoms with Crippen molar-refractivity contribution in [3.05, 3.63) is 28.6 Å². The van der Waals surface area contributed by atoms with Gasteiger partial charge in [-0.25, -0.2) is 4.98 Å². The SMILES string of the molecule is Cc1cc(C(N)=O)nc(C)c1C. The second kappa shape index (κ2) is 2.93. The number of carbonyl (C=O) groups excluding carboxylic acids is 1. The highest BCUT2D eigenvalue weighted by Gasteiger charge is 2.05. The molecule has 0 aromatic carbocycles. The van der Waals surface area contributed by atoms with E-state index >= 15 is 0 Å². The van der Waals surface area contributed by atoms with Crippen LogP contribution in [-0.4, -0.2) is 10.9 Å². The Labute approximate surface area is 71.6 Å². The monoisotopic (exact) mass is 164 g/mol. The van der Waals surface area contributed by atoms with Crippen LogP contribution in [0.4, 0.5) is 0 Å². The van der Waals surface area contributed by atoms with Crippen LogP contribution in [0.1, 0.15) is 27.3 Å². The highest BCUT2D eigenvalue weighted by Crippen LogP contribution is 2.10. The van der Waals surface area contributed by atoms with Gasteiger partial charge >= 0.3 is 0 Å². The molecule has 0 atom stereocenters. The summed E-state index contributed by atoms with van der Waals surface area (Å²) < 4.78 is 0. The molecule has 0 saturated carbocycles. The average molecular weight is 164 g/mol. The topological polar surface area (TPSA) is 56.0 Å². The molecule has 2 N–H and O–H groups in total. The van der Waals surface area contributed by atoms with E-state index < -0.39 is 5.91 Å². The van der Waals surface area contributed by atoms with Crippen LogP contribution in [-0.2, 0) is 0 Å². The van der Waals surface area contributed by atoms with Crippen LogP contribution >= 0.6 is 0 Å². The molecule has 0 unspecified atom stereocenters. The molecule has 64 valence electrons. The van der Waals surface area contributed by atoms with Gasteiger partial charge in [-0.15, -0.1) is 0 Å². The standard InChI is InChI=1S/C9H12N2O/c1-5-4-8(9(10)12)11-7(3)6(5)2/h4H,1-3H3,(H2,10,12). The molecule has 1 aromatic rings. The van der Waals surface area contributed by atoms with Gasteiger partial charge in [-0.3, -0.25) is 4.79 Å². The maximum Gasteiger partial charge on any atom is 0.267 e. The molecule has 0 aliphatic carbocycles. The Balaban J connectivity index is 3.31. The minimum absolute atomic E-state index is 0.343. The maximum absolute atomic E-state index is 10.8. The first-order valence-electron chi connectivity index (χ1n) is 3.77.